The third-order valence-corrected chi connectivity index (χ3v) is 1.85. The lowest BCUT2D eigenvalue weighted by Gasteiger charge is -2.19. The van der Waals surface area contributed by atoms with Gasteiger partial charge in [0, 0.05) is 26.2 Å². The second-order valence-electron chi connectivity index (χ2n) is 3.05. The minimum absolute atomic E-state index is 0.0118. The van der Waals surface area contributed by atoms with Crippen LogP contribution in [0.25, 0.3) is 0 Å². The molecule has 0 spiro atoms. The Hall–Kier alpha value is -0.690. The van der Waals surface area contributed by atoms with Crippen LogP contribution in [-0.2, 0) is 9.53 Å². The van der Waals surface area contributed by atoms with Crippen LogP contribution in [-0.4, -0.2) is 67.1 Å². The van der Waals surface area contributed by atoms with Crippen molar-refractivity contribution in [2.24, 2.45) is 5.73 Å². The molecule has 15 heavy (non-hydrogen) atoms. The molecule has 0 aliphatic rings. The standard InChI is InChI=1S/C9H20N2O4/c10-2-8-15-9(14)1-3-11(4-6-12)5-7-13/h12-13H,1-8,10H2. The van der Waals surface area contributed by atoms with E-state index in [9.17, 15) is 4.79 Å². The fourth-order valence-electron chi connectivity index (χ4n) is 1.11. The van der Waals surface area contributed by atoms with Gasteiger partial charge in [0.1, 0.15) is 6.61 Å². The number of esters is 1. The molecular formula is C9H20N2O4. The Kier molecular flexibility index (Phi) is 9.40. The van der Waals surface area contributed by atoms with Crippen molar-refractivity contribution in [3.05, 3.63) is 0 Å². The number of nitrogens with zero attached hydrogens (tertiary/aromatic N) is 1. The fraction of sp³-hybridized carbons (Fsp3) is 0.889. The molecule has 0 bridgehead atoms. The molecule has 0 aromatic rings. The lowest BCUT2D eigenvalue weighted by molar-refractivity contribution is -0.143. The van der Waals surface area contributed by atoms with Gasteiger partial charge in [0.05, 0.1) is 19.6 Å². The normalized spacial score (nSPS) is 10.7. The summed E-state index contributed by atoms with van der Waals surface area (Å²) in [4.78, 5) is 12.9. The van der Waals surface area contributed by atoms with Crippen LogP contribution in [0.15, 0.2) is 0 Å². The molecule has 4 N–H and O–H groups in total. The van der Waals surface area contributed by atoms with Crippen molar-refractivity contribution in [2.75, 3.05) is 46.0 Å². The molecule has 0 amide bonds. The lowest BCUT2D eigenvalue weighted by Crippen LogP contribution is -2.32. The average Bonchev–Trinajstić information content (AvgIpc) is 2.23. The Morgan fingerprint density at radius 1 is 1.20 bits per heavy atom. The second kappa shape index (κ2) is 9.85. The number of nitrogens with two attached hydrogens (primary N) is 1. The molecule has 0 aliphatic heterocycles. The summed E-state index contributed by atoms with van der Waals surface area (Å²) in [6.45, 7) is 1.96. The first-order chi connectivity index (χ1) is 7.24. The third-order valence-electron chi connectivity index (χ3n) is 1.85. The van der Waals surface area contributed by atoms with E-state index in [1.807, 2.05) is 0 Å². The maximum atomic E-state index is 11.1. The highest BCUT2D eigenvalue weighted by atomic mass is 16.5. The van der Waals surface area contributed by atoms with E-state index >= 15 is 0 Å². The minimum Gasteiger partial charge on any atom is -0.464 e. The monoisotopic (exact) mass is 220 g/mol. The SMILES string of the molecule is NCCOC(=O)CCN(CCO)CCO. The van der Waals surface area contributed by atoms with E-state index < -0.39 is 0 Å². The van der Waals surface area contributed by atoms with Gasteiger partial charge in [-0.3, -0.25) is 9.69 Å². The van der Waals surface area contributed by atoms with Crippen molar-refractivity contribution in [1.82, 2.24) is 4.90 Å². The number of ether oxygens (including phenoxy) is 1. The third kappa shape index (κ3) is 8.31. The predicted octanol–water partition coefficient (Wildman–Crippen LogP) is -1.83. The highest BCUT2D eigenvalue weighted by molar-refractivity contribution is 5.69. The van der Waals surface area contributed by atoms with E-state index in [2.05, 4.69) is 0 Å². The molecule has 6 heteroatoms. The van der Waals surface area contributed by atoms with Gasteiger partial charge < -0.3 is 20.7 Å². The molecule has 0 rings (SSSR count). The van der Waals surface area contributed by atoms with Gasteiger partial charge in [0.15, 0.2) is 0 Å². The Morgan fingerprint density at radius 2 is 1.80 bits per heavy atom. The van der Waals surface area contributed by atoms with E-state index in [1.165, 1.54) is 0 Å². The summed E-state index contributed by atoms with van der Waals surface area (Å²) in [5.41, 5.74) is 5.17. The molecule has 0 aromatic carbocycles. The molecule has 0 unspecified atom stereocenters. The Morgan fingerprint density at radius 3 is 2.27 bits per heavy atom. The maximum absolute atomic E-state index is 11.1. The van der Waals surface area contributed by atoms with Gasteiger partial charge in [-0.1, -0.05) is 0 Å². The molecule has 6 nitrogen and oxygen atoms in total. The van der Waals surface area contributed by atoms with Gasteiger partial charge >= 0.3 is 5.97 Å². The van der Waals surface area contributed by atoms with Crippen LogP contribution in [0.2, 0.25) is 0 Å². The second-order valence-corrected chi connectivity index (χ2v) is 3.05. The summed E-state index contributed by atoms with van der Waals surface area (Å²) < 4.78 is 4.78. The number of carbonyl (C=O) groups excluding carboxylic acids is 1. The van der Waals surface area contributed by atoms with E-state index in [0.29, 0.717) is 26.2 Å². The minimum atomic E-state index is -0.304. The smallest absolute Gasteiger partial charge is 0.307 e. The van der Waals surface area contributed by atoms with E-state index in [4.69, 9.17) is 20.7 Å². The fourth-order valence-corrected chi connectivity index (χ4v) is 1.11. The van der Waals surface area contributed by atoms with Crippen LogP contribution in [0.1, 0.15) is 6.42 Å². The zero-order valence-electron chi connectivity index (χ0n) is 8.89. The molecule has 0 aliphatic carbocycles. The van der Waals surface area contributed by atoms with Crippen LogP contribution >= 0.6 is 0 Å². The molecule has 0 saturated heterocycles. The molecule has 0 atom stereocenters. The number of hydrogen-bond acceptors (Lipinski definition) is 6. The quantitative estimate of drug-likeness (QED) is 0.395. The van der Waals surface area contributed by atoms with Crippen molar-refractivity contribution in [3.63, 3.8) is 0 Å². The largest absolute Gasteiger partial charge is 0.464 e. The molecular weight excluding hydrogens is 200 g/mol. The Labute approximate surface area is 89.6 Å². The maximum Gasteiger partial charge on any atom is 0.307 e. The van der Waals surface area contributed by atoms with Gasteiger partial charge in [0.25, 0.3) is 0 Å². The van der Waals surface area contributed by atoms with Crippen molar-refractivity contribution in [1.29, 1.82) is 0 Å². The van der Waals surface area contributed by atoms with Crippen molar-refractivity contribution in [3.8, 4) is 0 Å². The molecule has 0 saturated carbocycles. The zero-order valence-corrected chi connectivity index (χ0v) is 8.89. The topological polar surface area (TPSA) is 96.0 Å². The van der Waals surface area contributed by atoms with Gasteiger partial charge in [-0.25, -0.2) is 0 Å². The first kappa shape index (κ1) is 14.3. The van der Waals surface area contributed by atoms with E-state index in [-0.39, 0.29) is 32.2 Å². The van der Waals surface area contributed by atoms with E-state index in [0.717, 1.165) is 0 Å². The summed E-state index contributed by atoms with van der Waals surface area (Å²) in [7, 11) is 0. The van der Waals surface area contributed by atoms with Crippen LogP contribution in [0.4, 0.5) is 0 Å². The first-order valence-electron chi connectivity index (χ1n) is 5.04. The van der Waals surface area contributed by atoms with Gasteiger partial charge in [0.2, 0.25) is 0 Å². The van der Waals surface area contributed by atoms with Crippen LogP contribution in [0, 0.1) is 0 Å². The van der Waals surface area contributed by atoms with Gasteiger partial charge in [-0.2, -0.15) is 0 Å². The Balaban J connectivity index is 3.62. The van der Waals surface area contributed by atoms with Crippen LogP contribution in [0.3, 0.4) is 0 Å². The summed E-state index contributed by atoms with van der Waals surface area (Å²) in [5, 5.41) is 17.4. The summed E-state index contributed by atoms with van der Waals surface area (Å²) >= 11 is 0. The lowest BCUT2D eigenvalue weighted by atomic mass is 10.3. The highest BCUT2D eigenvalue weighted by Crippen LogP contribution is 1.93. The molecule has 0 heterocycles. The molecule has 0 fully saturated rings. The number of rotatable bonds is 9. The highest BCUT2D eigenvalue weighted by Gasteiger charge is 2.07. The van der Waals surface area contributed by atoms with E-state index in [1.54, 1.807) is 4.90 Å². The van der Waals surface area contributed by atoms with Crippen molar-refractivity contribution >= 4 is 5.97 Å². The van der Waals surface area contributed by atoms with Gasteiger partial charge in [-0.05, 0) is 0 Å². The number of carbonyl (C=O) groups is 1. The molecule has 0 radical (unpaired) electrons. The first-order valence-corrected chi connectivity index (χ1v) is 5.04. The average molecular weight is 220 g/mol. The summed E-state index contributed by atoms with van der Waals surface area (Å²) in [5.74, 6) is -0.304. The van der Waals surface area contributed by atoms with Crippen molar-refractivity contribution < 1.29 is 19.7 Å². The molecule has 90 valence electrons. The zero-order chi connectivity index (χ0) is 11.5. The summed E-state index contributed by atoms with van der Waals surface area (Å²) in [6, 6.07) is 0. The number of aliphatic hydroxyl groups excluding tert-OH is 2. The van der Waals surface area contributed by atoms with Crippen molar-refractivity contribution in [2.45, 2.75) is 6.42 Å². The molecule has 0 aromatic heterocycles. The predicted molar refractivity (Wildman–Crippen MR) is 55.2 cm³/mol. The van der Waals surface area contributed by atoms with Crippen LogP contribution < -0.4 is 5.73 Å². The Bertz CT molecular complexity index is 160. The number of aliphatic hydroxyl groups is 2. The van der Waals surface area contributed by atoms with Gasteiger partial charge in [-0.15, -0.1) is 0 Å². The number of hydrogen-bond donors (Lipinski definition) is 3. The summed E-state index contributed by atoms with van der Waals surface area (Å²) in [6.07, 6.45) is 0.250. The van der Waals surface area contributed by atoms with Crippen LogP contribution in [0.5, 0.6) is 0 Å².